The fourth-order valence-corrected chi connectivity index (χ4v) is 1.99. The average molecular weight is 229 g/mol. The van der Waals surface area contributed by atoms with Crippen molar-refractivity contribution in [1.82, 2.24) is 5.32 Å². The van der Waals surface area contributed by atoms with Crippen LogP contribution in [0.2, 0.25) is 0 Å². The van der Waals surface area contributed by atoms with Gasteiger partial charge in [0, 0.05) is 0 Å². The Bertz CT molecular complexity index is 262. The second-order valence-electron chi connectivity index (χ2n) is 4.21. The molecule has 0 aromatic heterocycles. The topological polar surface area (TPSA) is 52.9 Å². The van der Waals surface area contributed by atoms with Crippen molar-refractivity contribution >= 4 is 17.5 Å². The molecule has 0 aliphatic heterocycles. The zero-order valence-corrected chi connectivity index (χ0v) is 9.81. The Balaban J connectivity index is 2.67. The lowest BCUT2D eigenvalue weighted by molar-refractivity contribution is -0.121. The number of nitrogens with one attached hydrogen (secondary N) is 1. The van der Waals surface area contributed by atoms with Crippen LogP contribution in [0, 0.1) is 11.3 Å². The molecule has 4 heteroatoms. The molecule has 0 aromatic carbocycles. The summed E-state index contributed by atoms with van der Waals surface area (Å²) in [7, 11) is 0. The van der Waals surface area contributed by atoms with Gasteiger partial charge in [-0.25, -0.2) is 0 Å². The van der Waals surface area contributed by atoms with E-state index in [0.717, 1.165) is 38.5 Å². The Kier molecular flexibility index (Phi) is 4.41. The summed E-state index contributed by atoms with van der Waals surface area (Å²) in [6.45, 7) is 1.62. The lowest BCUT2D eigenvalue weighted by Crippen LogP contribution is -2.49. The average Bonchev–Trinajstić information content (AvgIpc) is 2.44. The van der Waals surface area contributed by atoms with Gasteiger partial charge in [-0.2, -0.15) is 5.26 Å². The van der Waals surface area contributed by atoms with E-state index in [4.69, 9.17) is 11.6 Å². The molecule has 1 aliphatic carbocycles. The van der Waals surface area contributed by atoms with Gasteiger partial charge in [-0.3, -0.25) is 4.79 Å². The largest absolute Gasteiger partial charge is 0.337 e. The van der Waals surface area contributed by atoms with Gasteiger partial charge < -0.3 is 5.32 Å². The lowest BCUT2D eigenvalue weighted by Gasteiger charge is -2.26. The number of nitriles is 1. The van der Waals surface area contributed by atoms with Crippen LogP contribution in [0.15, 0.2) is 0 Å². The summed E-state index contributed by atoms with van der Waals surface area (Å²) in [5.41, 5.74) is -0.670. The summed E-state index contributed by atoms with van der Waals surface area (Å²) in [4.78, 5) is 11.5. The number of carbonyl (C=O) groups is 1. The molecule has 0 radical (unpaired) electrons. The number of nitrogens with zero attached hydrogens (tertiary/aromatic N) is 1. The molecule has 0 saturated heterocycles. The smallest absolute Gasteiger partial charge is 0.239 e. The first-order chi connectivity index (χ1) is 7.09. The highest BCUT2D eigenvalue weighted by Crippen LogP contribution is 2.26. The van der Waals surface area contributed by atoms with Crippen LogP contribution in [-0.2, 0) is 4.79 Å². The summed E-state index contributed by atoms with van der Waals surface area (Å²) in [6.07, 6.45) is 5.80. The van der Waals surface area contributed by atoms with Crippen LogP contribution in [0.4, 0.5) is 0 Å². The van der Waals surface area contributed by atoms with Crippen molar-refractivity contribution in [3.8, 4) is 6.07 Å². The molecular weight excluding hydrogens is 212 g/mol. The van der Waals surface area contributed by atoms with Gasteiger partial charge >= 0.3 is 0 Å². The molecular formula is C11H17ClN2O. The predicted molar refractivity (Wildman–Crippen MR) is 59.5 cm³/mol. The van der Waals surface area contributed by atoms with Gasteiger partial charge in [0.15, 0.2) is 0 Å². The summed E-state index contributed by atoms with van der Waals surface area (Å²) in [5, 5.41) is 11.4. The summed E-state index contributed by atoms with van der Waals surface area (Å²) >= 11 is 5.69. The molecule has 1 unspecified atom stereocenters. The molecule has 0 aromatic rings. The molecule has 1 rings (SSSR count). The molecule has 1 atom stereocenters. The minimum Gasteiger partial charge on any atom is -0.337 e. The minimum atomic E-state index is -0.670. The van der Waals surface area contributed by atoms with Crippen molar-refractivity contribution in [2.45, 2.75) is 56.4 Å². The Morgan fingerprint density at radius 2 is 1.93 bits per heavy atom. The second-order valence-corrected chi connectivity index (χ2v) is 4.87. The first kappa shape index (κ1) is 12.3. The molecule has 0 spiro atoms. The number of amides is 1. The maximum atomic E-state index is 11.5. The quantitative estimate of drug-likeness (QED) is 0.583. The van der Waals surface area contributed by atoms with Gasteiger partial charge in [0.2, 0.25) is 5.91 Å². The predicted octanol–water partition coefficient (Wildman–Crippen LogP) is 2.35. The minimum absolute atomic E-state index is 0.236. The summed E-state index contributed by atoms with van der Waals surface area (Å²) in [5.74, 6) is -0.236. The molecule has 1 amide bonds. The molecule has 0 heterocycles. The highest BCUT2D eigenvalue weighted by atomic mass is 35.5. The third-order valence-electron chi connectivity index (χ3n) is 2.89. The van der Waals surface area contributed by atoms with Gasteiger partial charge in [-0.1, -0.05) is 25.7 Å². The van der Waals surface area contributed by atoms with Gasteiger partial charge in [0.1, 0.15) is 10.9 Å². The van der Waals surface area contributed by atoms with Gasteiger partial charge in [0.05, 0.1) is 6.07 Å². The zero-order chi connectivity index (χ0) is 11.3. The van der Waals surface area contributed by atoms with Crippen LogP contribution in [0.3, 0.4) is 0 Å². The highest BCUT2D eigenvalue weighted by Gasteiger charge is 2.33. The van der Waals surface area contributed by atoms with Gasteiger partial charge in [-0.15, -0.1) is 11.6 Å². The number of carbonyl (C=O) groups excluding carboxylic acids is 1. The van der Waals surface area contributed by atoms with Crippen molar-refractivity contribution in [2.24, 2.45) is 0 Å². The standard InChI is InChI=1S/C11H17ClN2O/c1-9(12)10(15)14-11(8-13)6-4-2-3-5-7-11/h9H,2-7H2,1H3,(H,14,15). The van der Waals surface area contributed by atoms with Crippen LogP contribution in [0.25, 0.3) is 0 Å². The van der Waals surface area contributed by atoms with E-state index in [1.54, 1.807) is 6.92 Å². The SMILES string of the molecule is CC(Cl)C(=O)NC1(C#N)CCCCCC1. The summed E-state index contributed by atoms with van der Waals surface area (Å²) in [6, 6.07) is 2.25. The normalized spacial score (nSPS) is 22.2. The Hall–Kier alpha value is -0.750. The highest BCUT2D eigenvalue weighted by molar-refractivity contribution is 6.30. The van der Waals surface area contributed by atoms with Crippen molar-refractivity contribution in [2.75, 3.05) is 0 Å². The number of hydrogen-bond acceptors (Lipinski definition) is 2. The lowest BCUT2D eigenvalue weighted by atomic mass is 9.92. The van der Waals surface area contributed by atoms with E-state index in [-0.39, 0.29) is 5.91 Å². The number of halogens is 1. The number of hydrogen-bond donors (Lipinski definition) is 1. The van der Waals surface area contributed by atoms with Crippen molar-refractivity contribution < 1.29 is 4.79 Å². The van der Waals surface area contributed by atoms with Crippen LogP contribution >= 0.6 is 11.6 Å². The molecule has 84 valence electrons. The van der Waals surface area contributed by atoms with Gasteiger partial charge in [-0.05, 0) is 19.8 Å². The molecule has 0 bridgehead atoms. The Morgan fingerprint density at radius 1 is 1.40 bits per heavy atom. The Labute approximate surface area is 95.8 Å². The van der Waals surface area contributed by atoms with E-state index in [1.165, 1.54) is 0 Å². The molecule has 15 heavy (non-hydrogen) atoms. The number of alkyl halides is 1. The van der Waals surface area contributed by atoms with Crippen LogP contribution in [-0.4, -0.2) is 16.8 Å². The monoisotopic (exact) mass is 228 g/mol. The van der Waals surface area contributed by atoms with E-state index < -0.39 is 10.9 Å². The number of rotatable bonds is 2. The van der Waals surface area contributed by atoms with Crippen LogP contribution in [0.1, 0.15) is 45.4 Å². The fraction of sp³-hybridized carbons (Fsp3) is 0.818. The first-order valence-electron chi connectivity index (χ1n) is 5.47. The third-order valence-corrected chi connectivity index (χ3v) is 3.09. The van der Waals surface area contributed by atoms with E-state index in [0.29, 0.717) is 0 Å². The van der Waals surface area contributed by atoms with E-state index in [1.807, 2.05) is 0 Å². The first-order valence-corrected chi connectivity index (χ1v) is 5.91. The fourth-order valence-electron chi connectivity index (χ4n) is 1.93. The van der Waals surface area contributed by atoms with E-state index in [2.05, 4.69) is 11.4 Å². The molecule has 1 N–H and O–H groups in total. The second kappa shape index (κ2) is 5.37. The Morgan fingerprint density at radius 3 is 2.33 bits per heavy atom. The van der Waals surface area contributed by atoms with Crippen molar-refractivity contribution in [3.63, 3.8) is 0 Å². The van der Waals surface area contributed by atoms with Crippen LogP contribution in [0.5, 0.6) is 0 Å². The molecule has 1 saturated carbocycles. The zero-order valence-electron chi connectivity index (χ0n) is 9.05. The van der Waals surface area contributed by atoms with Crippen molar-refractivity contribution in [3.05, 3.63) is 0 Å². The van der Waals surface area contributed by atoms with Crippen molar-refractivity contribution in [1.29, 1.82) is 5.26 Å². The van der Waals surface area contributed by atoms with E-state index in [9.17, 15) is 10.1 Å². The maximum absolute atomic E-state index is 11.5. The van der Waals surface area contributed by atoms with Gasteiger partial charge in [0.25, 0.3) is 0 Å². The van der Waals surface area contributed by atoms with Crippen LogP contribution < -0.4 is 5.32 Å². The summed E-state index contributed by atoms with van der Waals surface area (Å²) < 4.78 is 0. The van der Waals surface area contributed by atoms with E-state index >= 15 is 0 Å². The molecule has 1 fully saturated rings. The molecule has 1 aliphatic rings. The maximum Gasteiger partial charge on any atom is 0.239 e. The third kappa shape index (κ3) is 3.39. The molecule has 3 nitrogen and oxygen atoms in total.